The smallest absolute Gasteiger partial charge is 0.337 e. The molecule has 0 bridgehead atoms. The third-order valence-electron chi connectivity index (χ3n) is 6.05. The third-order valence-corrected chi connectivity index (χ3v) is 6.38. The van der Waals surface area contributed by atoms with E-state index in [1.807, 2.05) is 9.80 Å². The van der Waals surface area contributed by atoms with E-state index in [2.05, 4.69) is 16.7 Å². The lowest BCUT2D eigenvalue weighted by Crippen LogP contribution is -2.54. The zero-order chi connectivity index (χ0) is 24.1. The highest BCUT2D eigenvalue weighted by Crippen LogP contribution is 2.36. The summed E-state index contributed by atoms with van der Waals surface area (Å²) in [7, 11) is 0. The maximum absolute atomic E-state index is 13.0. The van der Waals surface area contributed by atoms with Gasteiger partial charge < -0.3 is 10.6 Å². The van der Waals surface area contributed by atoms with Crippen LogP contribution in [0, 0.1) is 11.3 Å². The van der Waals surface area contributed by atoms with Crippen molar-refractivity contribution < 1.29 is 22.8 Å². The number of halogens is 4. The number of rotatable bonds is 6. The minimum absolute atomic E-state index is 0.0289. The van der Waals surface area contributed by atoms with Crippen molar-refractivity contribution in [3.63, 3.8) is 0 Å². The van der Waals surface area contributed by atoms with Gasteiger partial charge in [-0.25, -0.2) is 0 Å². The zero-order valence-electron chi connectivity index (χ0n) is 18.2. The molecule has 7 nitrogen and oxygen atoms in total. The number of benzene rings is 1. The van der Waals surface area contributed by atoms with Gasteiger partial charge in [0.1, 0.15) is 5.54 Å². The Morgan fingerprint density at radius 1 is 1.03 bits per heavy atom. The molecule has 33 heavy (non-hydrogen) atoms. The number of nitrogens with zero attached hydrogens (tertiary/aromatic N) is 3. The first-order chi connectivity index (χ1) is 15.6. The lowest BCUT2D eigenvalue weighted by molar-refractivity contribution is -0.137. The molecule has 2 fully saturated rings. The summed E-state index contributed by atoms with van der Waals surface area (Å²) in [6.45, 7) is 2.44. The number of carbonyl (C=O) groups excluding carboxylic acids is 2. The highest BCUT2D eigenvalue weighted by Gasteiger charge is 2.35. The van der Waals surface area contributed by atoms with Crippen molar-refractivity contribution in [2.75, 3.05) is 44.6 Å². The fourth-order valence-electron chi connectivity index (χ4n) is 4.26. The Morgan fingerprint density at radius 3 is 2.15 bits per heavy atom. The number of piperazine rings is 1. The van der Waals surface area contributed by atoms with E-state index in [1.165, 1.54) is 6.07 Å². The van der Waals surface area contributed by atoms with Crippen LogP contribution in [0.15, 0.2) is 18.2 Å². The second kappa shape index (κ2) is 10.7. The van der Waals surface area contributed by atoms with Gasteiger partial charge >= 0.3 is 6.18 Å². The second-order valence-electron chi connectivity index (χ2n) is 8.60. The summed E-state index contributed by atoms with van der Waals surface area (Å²) in [5.41, 5.74) is -1.73. The zero-order valence-corrected chi connectivity index (χ0v) is 18.9. The van der Waals surface area contributed by atoms with E-state index >= 15 is 0 Å². The first kappa shape index (κ1) is 25.3. The predicted octanol–water partition coefficient (Wildman–Crippen LogP) is 3.26. The van der Waals surface area contributed by atoms with Crippen molar-refractivity contribution in [3.8, 4) is 6.07 Å². The molecule has 1 saturated heterocycles. The Morgan fingerprint density at radius 2 is 1.61 bits per heavy atom. The summed E-state index contributed by atoms with van der Waals surface area (Å²) < 4.78 is 39.0. The number of anilines is 1. The van der Waals surface area contributed by atoms with Gasteiger partial charge in [0.05, 0.1) is 29.7 Å². The first-order valence-electron chi connectivity index (χ1n) is 10.9. The number of nitriles is 1. The molecule has 1 aliphatic carbocycles. The Balaban J connectivity index is 1.43. The molecule has 0 unspecified atom stereocenters. The van der Waals surface area contributed by atoms with E-state index in [9.17, 15) is 28.0 Å². The molecule has 3 rings (SSSR count). The highest BCUT2D eigenvalue weighted by molar-refractivity contribution is 6.31. The van der Waals surface area contributed by atoms with Crippen LogP contribution in [-0.2, 0) is 15.8 Å². The second-order valence-corrected chi connectivity index (χ2v) is 9.00. The molecule has 2 N–H and O–H groups in total. The van der Waals surface area contributed by atoms with E-state index in [1.54, 1.807) is 0 Å². The largest absolute Gasteiger partial charge is 0.417 e. The van der Waals surface area contributed by atoms with Crippen molar-refractivity contribution in [2.24, 2.45) is 0 Å². The van der Waals surface area contributed by atoms with Crippen LogP contribution in [-0.4, -0.2) is 66.4 Å². The van der Waals surface area contributed by atoms with E-state index in [0.29, 0.717) is 39.0 Å². The maximum Gasteiger partial charge on any atom is 0.417 e. The Labute approximate surface area is 195 Å². The summed E-state index contributed by atoms with van der Waals surface area (Å²) in [5, 5.41) is 14.5. The van der Waals surface area contributed by atoms with Gasteiger partial charge in [-0.15, -0.1) is 0 Å². The minimum Gasteiger partial charge on any atom is -0.337 e. The standard InChI is InChI=1S/C22H27ClF3N5O2/c23-18-5-4-16(12-17(18)22(24,25)26)28-19(32)13-30-8-10-31(11-9-30)14-20(33)29-21(15-27)6-2-1-3-7-21/h4-5,12H,1-3,6-11,13-14H2,(H,28,32)(H,29,33). The van der Waals surface area contributed by atoms with Crippen molar-refractivity contribution in [3.05, 3.63) is 28.8 Å². The SMILES string of the molecule is N#CC1(NC(=O)CN2CCN(CC(=O)Nc3ccc(Cl)c(C(F)(F)F)c3)CC2)CCCCC1. The van der Waals surface area contributed by atoms with E-state index in [0.717, 1.165) is 31.4 Å². The lowest BCUT2D eigenvalue weighted by atomic mass is 9.83. The van der Waals surface area contributed by atoms with Crippen LogP contribution < -0.4 is 10.6 Å². The van der Waals surface area contributed by atoms with E-state index in [-0.39, 0.29) is 24.7 Å². The number of hydrogen-bond donors (Lipinski definition) is 2. The summed E-state index contributed by atoms with van der Waals surface area (Å²) >= 11 is 5.60. The van der Waals surface area contributed by atoms with Gasteiger partial charge in [0.15, 0.2) is 0 Å². The molecule has 1 aromatic rings. The molecule has 2 amide bonds. The lowest BCUT2D eigenvalue weighted by Gasteiger charge is -2.35. The van der Waals surface area contributed by atoms with Crippen LogP contribution in [0.25, 0.3) is 0 Å². The van der Waals surface area contributed by atoms with Crippen LogP contribution >= 0.6 is 11.6 Å². The van der Waals surface area contributed by atoms with Gasteiger partial charge in [0.25, 0.3) is 0 Å². The number of carbonyl (C=O) groups is 2. The minimum atomic E-state index is -4.61. The summed E-state index contributed by atoms with van der Waals surface area (Å²) in [4.78, 5) is 28.6. The van der Waals surface area contributed by atoms with E-state index in [4.69, 9.17) is 11.6 Å². The average Bonchev–Trinajstić information content (AvgIpc) is 2.76. The van der Waals surface area contributed by atoms with Crippen molar-refractivity contribution in [2.45, 2.75) is 43.8 Å². The summed E-state index contributed by atoms with van der Waals surface area (Å²) in [5.74, 6) is -0.599. The molecule has 0 radical (unpaired) electrons. The Kier molecular flexibility index (Phi) is 8.21. The van der Waals surface area contributed by atoms with Gasteiger partial charge in [0.2, 0.25) is 11.8 Å². The molecule has 2 aliphatic rings. The molecule has 1 aliphatic heterocycles. The normalized spacial score (nSPS) is 19.5. The monoisotopic (exact) mass is 485 g/mol. The molecular weight excluding hydrogens is 459 g/mol. The average molecular weight is 486 g/mol. The van der Waals surface area contributed by atoms with Gasteiger partial charge in [-0.2, -0.15) is 18.4 Å². The Hall–Kier alpha value is -2.35. The summed E-state index contributed by atoms with van der Waals surface area (Å²) in [6.07, 6.45) is -0.308. The number of hydrogen-bond acceptors (Lipinski definition) is 5. The molecule has 1 heterocycles. The Bertz CT molecular complexity index is 904. The fourth-order valence-corrected chi connectivity index (χ4v) is 4.48. The third kappa shape index (κ3) is 7.06. The molecule has 0 aromatic heterocycles. The molecular formula is C22H27ClF3N5O2. The van der Waals surface area contributed by atoms with Gasteiger partial charge in [-0.05, 0) is 31.0 Å². The molecule has 11 heteroatoms. The van der Waals surface area contributed by atoms with Crippen LogP contribution in [0.3, 0.4) is 0 Å². The molecule has 180 valence electrons. The van der Waals surface area contributed by atoms with Crippen molar-refractivity contribution >= 4 is 29.1 Å². The number of amides is 2. The first-order valence-corrected chi connectivity index (χ1v) is 11.3. The van der Waals surface area contributed by atoms with E-state index < -0.39 is 28.2 Å². The molecule has 1 aromatic carbocycles. The fraction of sp³-hybridized carbons (Fsp3) is 0.591. The highest BCUT2D eigenvalue weighted by atomic mass is 35.5. The molecule has 0 spiro atoms. The van der Waals surface area contributed by atoms with Gasteiger partial charge in [-0.3, -0.25) is 19.4 Å². The molecule has 1 saturated carbocycles. The number of alkyl halides is 3. The number of nitrogens with one attached hydrogen (secondary N) is 2. The topological polar surface area (TPSA) is 88.5 Å². The van der Waals surface area contributed by atoms with Crippen LogP contribution in [0.4, 0.5) is 18.9 Å². The van der Waals surface area contributed by atoms with Gasteiger partial charge in [0, 0.05) is 31.9 Å². The van der Waals surface area contributed by atoms with Crippen LogP contribution in [0.5, 0.6) is 0 Å². The maximum atomic E-state index is 13.0. The predicted molar refractivity (Wildman–Crippen MR) is 118 cm³/mol. The van der Waals surface area contributed by atoms with Crippen LogP contribution in [0.2, 0.25) is 5.02 Å². The van der Waals surface area contributed by atoms with Gasteiger partial charge in [-0.1, -0.05) is 30.9 Å². The quantitative estimate of drug-likeness (QED) is 0.645. The van der Waals surface area contributed by atoms with Crippen molar-refractivity contribution in [1.82, 2.24) is 15.1 Å². The van der Waals surface area contributed by atoms with Crippen LogP contribution in [0.1, 0.15) is 37.7 Å². The molecule has 0 atom stereocenters. The summed E-state index contributed by atoms with van der Waals surface area (Å²) in [6, 6.07) is 5.52. The van der Waals surface area contributed by atoms with Crippen molar-refractivity contribution in [1.29, 1.82) is 5.26 Å².